The van der Waals surface area contributed by atoms with Gasteiger partial charge in [0.25, 0.3) is 11.8 Å². The first-order chi connectivity index (χ1) is 17.6. The van der Waals surface area contributed by atoms with Crippen LogP contribution in [0.4, 0.5) is 10.1 Å². The Morgan fingerprint density at radius 1 is 1.11 bits per heavy atom. The summed E-state index contributed by atoms with van der Waals surface area (Å²) >= 11 is 1.11. The highest BCUT2D eigenvalue weighted by molar-refractivity contribution is 7.20. The van der Waals surface area contributed by atoms with Crippen LogP contribution >= 0.6 is 11.3 Å². The van der Waals surface area contributed by atoms with Crippen molar-refractivity contribution in [3.63, 3.8) is 0 Å². The van der Waals surface area contributed by atoms with Gasteiger partial charge in [-0.05, 0) is 81.1 Å². The number of carbonyl (C=O) groups excluding carboxylic acids is 2. The minimum Gasteiger partial charge on any atom is -0.455 e. The number of nitrogens with one attached hydrogen (secondary N) is 2. The van der Waals surface area contributed by atoms with E-state index in [0.29, 0.717) is 61.2 Å². The Bertz CT molecular complexity index is 1640. The molecule has 0 spiro atoms. The zero-order valence-corrected chi connectivity index (χ0v) is 21.5. The van der Waals surface area contributed by atoms with Gasteiger partial charge in [-0.2, -0.15) is 0 Å². The van der Waals surface area contributed by atoms with Crippen molar-refractivity contribution in [3.8, 4) is 29.5 Å². The van der Waals surface area contributed by atoms with Gasteiger partial charge in [0, 0.05) is 24.0 Å². The third-order valence-corrected chi connectivity index (χ3v) is 6.79. The molecule has 0 aliphatic heterocycles. The highest BCUT2D eigenvalue weighted by Crippen LogP contribution is 2.37. The number of hydrogen-bond donors (Lipinski definition) is 2. The van der Waals surface area contributed by atoms with Gasteiger partial charge in [0.05, 0.1) is 20.8 Å². The average Bonchev–Trinajstić information content (AvgIpc) is 3.30. The lowest BCUT2D eigenvalue weighted by Gasteiger charge is -2.19. The van der Waals surface area contributed by atoms with E-state index in [1.807, 2.05) is 12.8 Å². The van der Waals surface area contributed by atoms with Crippen LogP contribution in [-0.4, -0.2) is 22.9 Å². The van der Waals surface area contributed by atoms with E-state index in [1.54, 1.807) is 55.8 Å². The van der Waals surface area contributed by atoms with Gasteiger partial charge in [-0.15, -0.1) is 17.8 Å². The molecule has 2 amide bonds. The van der Waals surface area contributed by atoms with Gasteiger partial charge in [0.2, 0.25) is 5.43 Å². The molecule has 0 radical (unpaired) electrons. The molecule has 2 aromatic carbocycles. The lowest BCUT2D eigenvalue weighted by atomic mass is 10.1. The molecule has 0 saturated carbocycles. The van der Waals surface area contributed by atoms with E-state index in [2.05, 4.69) is 10.6 Å². The number of halogens is 1. The van der Waals surface area contributed by atoms with Gasteiger partial charge < -0.3 is 19.9 Å². The molecular weight excluding hydrogens is 493 g/mol. The maximum atomic E-state index is 13.9. The molecule has 0 aliphatic rings. The lowest BCUT2D eigenvalue weighted by molar-refractivity contribution is -0.111. The van der Waals surface area contributed by atoms with Gasteiger partial charge in [0.15, 0.2) is 5.75 Å². The molecule has 2 aromatic heterocycles. The summed E-state index contributed by atoms with van der Waals surface area (Å²) in [5.41, 5.74) is 2.85. The number of carbonyl (C=O) groups is 2. The molecule has 7 nitrogen and oxygen atoms in total. The maximum Gasteiger partial charge on any atom is 0.300 e. The van der Waals surface area contributed by atoms with Crippen LogP contribution in [-0.2, 0) is 4.79 Å². The summed E-state index contributed by atoms with van der Waals surface area (Å²) in [5, 5.41) is 5.37. The maximum absolute atomic E-state index is 13.9. The summed E-state index contributed by atoms with van der Waals surface area (Å²) in [6.45, 7) is 7.43. The molecule has 37 heavy (non-hydrogen) atoms. The summed E-state index contributed by atoms with van der Waals surface area (Å²) in [7, 11) is 0. The van der Waals surface area contributed by atoms with Gasteiger partial charge in [-0.25, -0.2) is 4.39 Å². The average molecular weight is 518 g/mol. The zero-order chi connectivity index (χ0) is 26.9. The number of aryl methyl sites for hydroxylation is 3. The second-order valence-corrected chi connectivity index (χ2v) is 9.50. The first-order valence-electron chi connectivity index (χ1n) is 11.4. The number of terminal acetylenes is 1. The zero-order valence-electron chi connectivity index (χ0n) is 20.7. The molecule has 188 valence electrons. The number of aromatic nitrogens is 1. The molecule has 0 saturated heterocycles. The van der Waals surface area contributed by atoms with Crippen molar-refractivity contribution < 1.29 is 18.7 Å². The number of benzene rings is 2. The number of thiophene rings is 1. The third kappa shape index (κ3) is 5.10. The van der Waals surface area contributed by atoms with Crippen molar-refractivity contribution >= 4 is 39.1 Å². The Balaban J connectivity index is 1.97. The summed E-state index contributed by atoms with van der Waals surface area (Å²) in [6.07, 6.45) is 6.87. The number of rotatable bonds is 6. The summed E-state index contributed by atoms with van der Waals surface area (Å²) in [6, 6.07) is 9.34. The van der Waals surface area contributed by atoms with Crippen LogP contribution in [0.3, 0.4) is 0 Å². The SMILES string of the molecule is C#CC(=O)Nc1ccc(Oc2c(C)cc(F)cc2C)c(-n2cc(C)c(=O)c3sc(C(=O)NCC)cc32)c1. The number of fused-ring (bicyclic) bond motifs is 1. The van der Waals surface area contributed by atoms with Crippen LogP contribution in [0.5, 0.6) is 11.5 Å². The molecule has 2 N–H and O–H groups in total. The lowest BCUT2D eigenvalue weighted by Crippen LogP contribution is -2.21. The molecule has 0 atom stereocenters. The van der Waals surface area contributed by atoms with E-state index in [-0.39, 0.29) is 17.2 Å². The van der Waals surface area contributed by atoms with Crippen LogP contribution in [0.25, 0.3) is 15.9 Å². The standard InChI is InChI=1S/C28H24FN3O4S/c1-6-24(33)31-19-8-9-22(36-26-15(3)10-18(29)11-16(26)4)20(12-19)32-14-17(5)25(34)27-21(32)13-23(37-27)28(35)30-7-2/h1,8-14H,7H2,2-5H3,(H,30,35)(H,31,33). The number of nitrogens with zero attached hydrogens (tertiary/aromatic N) is 1. The van der Waals surface area contributed by atoms with E-state index >= 15 is 0 Å². The fraction of sp³-hybridized carbons (Fsp3) is 0.179. The summed E-state index contributed by atoms with van der Waals surface area (Å²) in [4.78, 5) is 37.8. The van der Waals surface area contributed by atoms with Crippen LogP contribution in [0.2, 0.25) is 0 Å². The molecule has 2 heterocycles. The molecule has 4 aromatic rings. The Hall–Kier alpha value is -4.42. The highest BCUT2D eigenvalue weighted by atomic mass is 32.1. The topological polar surface area (TPSA) is 89.4 Å². The number of ether oxygens (including phenoxy) is 1. The van der Waals surface area contributed by atoms with Gasteiger partial charge >= 0.3 is 0 Å². The number of hydrogen-bond acceptors (Lipinski definition) is 5. The second kappa shape index (κ2) is 10.3. The van der Waals surface area contributed by atoms with Crippen molar-refractivity contribution in [2.24, 2.45) is 0 Å². The molecule has 0 unspecified atom stereocenters. The van der Waals surface area contributed by atoms with Crippen LogP contribution < -0.4 is 20.8 Å². The van der Waals surface area contributed by atoms with E-state index in [1.165, 1.54) is 12.1 Å². The quantitative estimate of drug-likeness (QED) is 0.343. The Morgan fingerprint density at radius 2 is 1.81 bits per heavy atom. The van der Waals surface area contributed by atoms with E-state index in [9.17, 15) is 18.8 Å². The van der Waals surface area contributed by atoms with Crippen molar-refractivity contribution in [2.45, 2.75) is 27.7 Å². The molecule has 0 bridgehead atoms. The Labute approximate surface area is 216 Å². The molecule has 0 aliphatic carbocycles. The molecule has 9 heteroatoms. The van der Waals surface area contributed by atoms with Crippen molar-refractivity contribution in [2.75, 3.05) is 11.9 Å². The number of amides is 2. The third-order valence-electron chi connectivity index (χ3n) is 5.66. The predicted octanol–water partition coefficient (Wildman–Crippen LogP) is 5.23. The van der Waals surface area contributed by atoms with Crippen molar-refractivity contribution in [1.29, 1.82) is 0 Å². The van der Waals surface area contributed by atoms with E-state index < -0.39 is 5.91 Å². The highest BCUT2D eigenvalue weighted by Gasteiger charge is 2.19. The van der Waals surface area contributed by atoms with Crippen molar-refractivity contribution in [3.05, 3.63) is 80.2 Å². The summed E-state index contributed by atoms with van der Waals surface area (Å²) < 4.78 is 22.3. The largest absolute Gasteiger partial charge is 0.455 e. The second-order valence-electron chi connectivity index (χ2n) is 8.45. The van der Waals surface area contributed by atoms with Crippen LogP contribution in [0.1, 0.15) is 33.3 Å². The van der Waals surface area contributed by atoms with Gasteiger partial charge in [-0.3, -0.25) is 14.4 Å². The molecular formula is C28H24FN3O4S. The van der Waals surface area contributed by atoms with E-state index in [0.717, 1.165) is 11.3 Å². The minimum atomic E-state index is -0.625. The van der Waals surface area contributed by atoms with Gasteiger partial charge in [0.1, 0.15) is 11.6 Å². The number of anilines is 1. The molecule has 0 fully saturated rings. The first-order valence-corrected chi connectivity index (χ1v) is 12.2. The fourth-order valence-electron chi connectivity index (χ4n) is 3.99. The van der Waals surface area contributed by atoms with Crippen molar-refractivity contribution in [1.82, 2.24) is 9.88 Å². The van der Waals surface area contributed by atoms with Crippen LogP contribution in [0.15, 0.2) is 47.4 Å². The number of pyridine rings is 1. The Kier molecular flexibility index (Phi) is 7.14. The first kappa shape index (κ1) is 25.7. The van der Waals surface area contributed by atoms with E-state index in [4.69, 9.17) is 11.2 Å². The molecule has 4 rings (SSSR count). The normalized spacial score (nSPS) is 10.7. The monoisotopic (exact) mass is 517 g/mol. The fourth-order valence-corrected chi connectivity index (χ4v) is 5.06. The minimum absolute atomic E-state index is 0.184. The van der Waals surface area contributed by atoms with Crippen LogP contribution in [0, 0.1) is 38.9 Å². The smallest absolute Gasteiger partial charge is 0.300 e. The van der Waals surface area contributed by atoms with Gasteiger partial charge in [-0.1, -0.05) is 0 Å². The summed E-state index contributed by atoms with van der Waals surface area (Å²) in [5.74, 6) is 1.59. The predicted molar refractivity (Wildman–Crippen MR) is 144 cm³/mol. The Morgan fingerprint density at radius 3 is 2.46 bits per heavy atom.